The van der Waals surface area contributed by atoms with Gasteiger partial charge in [-0.05, 0) is 48.5 Å². The summed E-state index contributed by atoms with van der Waals surface area (Å²) in [4.78, 5) is 18.9. The van der Waals surface area contributed by atoms with E-state index in [1.165, 1.54) is 7.11 Å². The Morgan fingerprint density at radius 2 is 1.97 bits per heavy atom. The molecule has 0 bridgehead atoms. The largest absolute Gasteiger partial charge is 0.465 e. The fraction of sp³-hybridized carbons (Fsp3) is 0.292. The number of methoxy groups -OCH3 is 1. The molecule has 0 amide bonds. The van der Waals surface area contributed by atoms with Gasteiger partial charge in [-0.1, -0.05) is 38.1 Å². The molecule has 3 aromatic rings. The van der Waals surface area contributed by atoms with E-state index in [1.807, 2.05) is 42.5 Å². The zero-order chi connectivity index (χ0) is 22.0. The van der Waals surface area contributed by atoms with E-state index >= 15 is 0 Å². The van der Waals surface area contributed by atoms with Gasteiger partial charge in [-0.2, -0.15) is 0 Å². The molecule has 1 aliphatic heterocycles. The second kappa shape index (κ2) is 8.89. The summed E-state index contributed by atoms with van der Waals surface area (Å²) in [5.74, 6) is 1.39. The van der Waals surface area contributed by atoms with E-state index in [1.54, 1.807) is 18.3 Å². The van der Waals surface area contributed by atoms with Crippen molar-refractivity contribution in [3.8, 4) is 11.3 Å². The van der Waals surface area contributed by atoms with E-state index in [0.717, 1.165) is 18.0 Å². The Hall–Kier alpha value is -3.19. The Labute approximate surface area is 187 Å². The fourth-order valence-electron chi connectivity index (χ4n) is 3.95. The van der Waals surface area contributed by atoms with E-state index in [-0.39, 0.29) is 12.1 Å². The lowest BCUT2D eigenvalue weighted by Crippen LogP contribution is -2.32. The van der Waals surface area contributed by atoms with Crippen LogP contribution in [0.4, 0.5) is 0 Å². The van der Waals surface area contributed by atoms with Crippen molar-refractivity contribution in [2.75, 3.05) is 13.7 Å². The summed E-state index contributed by atoms with van der Waals surface area (Å²) in [6, 6.07) is 16.7. The van der Waals surface area contributed by atoms with Gasteiger partial charge in [0.1, 0.15) is 17.6 Å². The van der Waals surface area contributed by atoms with Crippen LogP contribution in [-0.2, 0) is 4.74 Å². The minimum Gasteiger partial charge on any atom is -0.465 e. The summed E-state index contributed by atoms with van der Waals surface area (Å²) in [6.45, 7) is 5.11. The fourth-order valence-corrected chi connectivity index (χ4v) is 4.26. The van der Waals surface area contributed by atoms with Gasteiger partial charge in [0.2, 0.25) is 0 Å². The van der Waals surface area contributed by atoms with Crippen LogP contribution in [0.25, 0.3) is 11.3 Å². The molecule has 3 heterocycles. The predicted molar refractivity (Wildman–Crippen MR) is 122 cm³/mol. The number of thiocarbonyl (C=S) groups is 1. The summed E-state index contributed by atoms with van der Waals surface area (Å²) in [6.07, 6.45) is 1.78. The summed E-state index contributed by atoms with van der Waals surface area (Å²) in [5, 5.41) is 4.11. The van der Waals surface area contributed by atoms with E-state index < -0.39 is 5.97 Å². The number of ether oxygens (including phenoxy) is 1. The maximum Gasteiger partial charge on any atom is 0.338 e. The maximum atomic E-state index is 12.2. The molecule has 160 valence electrons. The number of furan rings is 1. The number of hydrogen-bond acceptors (Lipinski definition) is 5. The molecular formula is C24H25N3O3S. The molecule has 31 heavy (non-hydrogen) atoms. The SMILES string of the molecule is COC(=O)c1ccccc1-c1ccc([C@H]2[C@H](c3ccccn3)NC(=S)N2CC(C)C)o1. The lowest BCUT2D eigenvalue weighted by molar-refractivity contribution is 0.0601. The van der Waals surface area contributed by atoms with Crippen molar-refractivity contribution < 1.29 is 13.9 Å². The molecule has 0 unspecified atom stereocenters. The zero-order valence-electron chi connectivity index (χ0n) is 17.7. The minimum absolute atomic E-state index is 0.137. The Kier molecular flexibility index (Phi) is 6.04. The topological polar surface area (TPSA) is 67.6 Å². The molecule has 4 rings (SSSR count). The van der Waals surface area contributed by atoms with E-state index in [2.05, 4.69) is 29.0 Å². The van der Waals surface area contributed by atoms with Crippen LogP contribution < -0.4 is 5.32 Å². The van der Waals surface area contributed by atoms with Gasteiger partial charge in [0.25, 0.3) is 0 Å². The first kappa shape index (κ1) is 21.1. The monoisotopic (exact) mass is 435 g/mol. The van der Waals surface area contributed by atoms with Crippen molar-refractivity contribution >= 4 is 23.3 Å². The molecule has 0 saturated carbocycles. The van der Waals surface area contributed by atoms with Crippen molar-refractivity contribution in [1.82, 2.24) is 15.2 Å². The average molecular weight is 436 g/mol. The van der Waals surface area contributed by atoms with Gasteiger partial charge < -0.3 is 19.4 Å². The van der Waals surface area contributed by atoms with Crippen LogP contribution in [0.1, 0.15) is 47.7 Å². The Bertz CT molecular complexity index is 1080. The molecule has 1 saturated heterocycles. The Morgan fingerprint density at radius 1 is 1.19 bits per heavy atom. The minimum atomic E-state index is -0.398. The van der Waals surface area contributed by atoms with Gasteiger partial charge in [0, 0.05) is 18.3 Å². The quantitative estimate of drug-likeness (QED) is 0.442. The molecule has 2 aromatic heterocycles. The van der Waals surface area contributed by atoms with Crippen LogP contribution in [0.15, 0.2) is 65.2 Å². The van der Waals surface area contributed by atoms with Crippen molar-refractivity contribution in [1.29, 1.82) is 0 Å². The molecular weight excluding hydrogens is 410 g/mol. The number of nitrogens with zero attached hydrogens (tertiary/aromatic N) is 2. The molecule has 1 N–H and O–H groups in total. The molecule has 7 heteroatoms. The number of rotatable bonds is 6. The number of aromatic nitrogens is 1. The van der Waals surface area contributed by atoms with Gasteiger partial charge in [-0.25, -0.2) is 4.79 Å². The van der Waals surface area contributed by atoms with E-state index in [9.17, 15) is 4.79 Å². The van der Waals surface area contributed by atoms with Gasteiger partial charge in [-0.15, -0.1) is 0 Å². The summed E-state index contributed by atoms with van der Waals surface area (Å²) in [5.41, 5.74) is 2.05. The number of esters is 1. The third kappa shape index (κ3) is 4.18. The number of carbonyl (C=O) groups is 1. The van der Waals surface area contributed by atoms with E-state index in [4.69, 9.17) is 21.4 Å². The molecule has 0 aliphatic carbocycles. The highest BCUT2D eigenvalue weighted by molar-refractivity contribution is 7.80. The second-order valence-electron chi connectivity index (χ2n) is 7.91. The third-order valence-electron chi connectivity index (χ3n) is 5.28. The van der Waals surface area contributed by atoms with Crippen LogP contribution in [0, 0.1) is 5.92 Å². The first-order valence-corrected chi connectivity index (χ1v) is 10.7. The molecule has 2 atom stereocenters. The van der Waals surface area contributed by atoms with Crippen molar-refractivity contribution in [3.63, 3.8) is 0 Å². The molecule has 6 nitrogen and oxygen atoms in total. The Balaban J connectivity index is 1.75. The van der Waals surface area contributed by atoms with Crippen LogP contribution in [-0.4, -0.2) is 34.6 Å². The van der Waals surface area contributed by atoms with Gasteiger partial charge >= 0.3 is 5.97 Å². The Morgan fingerprint density at radius 3 is 2.68 bits per heavy atom. The number of benzene rings is 1. The zero-order valence-corrected chi connectivity index (χ0v) is 18.6. The smallest absolute Gasteiger partial charge is 0.338 e. The highest BCUT2D eigenvalue weighted by atomic mass is 32.1. The van der Waals surface area contributed by atoms with Crippen molar-refractivity contribution in [2.45, 2.75) is 25.9 Å². The van der Waals surface area contributed by atoms with Crippen LogP contribution in [0.5, 0.6) is 0 Å². The van der Waals surface area contributed by atoms with E-state index in [0.29, 0.717) is 27.9 Å². The molecule has 1 aliphatic rings. The van der Waals surface area contributed by atoms with Gasteiger partial charge in [0.05, 0.1) is 24.4 Å². The number of nitrogens with one attached hydrogen (secondary N) is 1. The van der Waals surface area contributed by atoms with Crippen LogP contribution in [0.2, 0.25) is 0 Å². The lowest BCUT2D eigenvalue weighted by Gasteiger charge is -2.27. The molecule has 0 radical (unpaired) electrons. The first-order chi connectivity index (χ1) is 15.0. The van der Waals surface area contributed by atoms with Crippen molar-refractivity contribution in [2.24, 2.45) is 5.92 Å². The lowest BCUT2D eigenvalue weighted by atomic mass is 10.0. The van der Waals surface area contributed by atoms with Crippen LogP contribution in [0.3, 0.4) is 0 Å². The number of carbonyl (C=O) groups excluding carboxylic acids is 1. The second-order valence-corrected chi connectivity index (χ2v) is 8.30. The van der Waals surface area contributed by atoms with Gasteiger partial charge in [0.15, 0.2) is 5.11 Å². The summed E-state index contributed by atoms with van der Waals surface area (Å²) >= 11 is 5.67. The highest BCUT2D eigenvalue weighted by Crippen LogP contribution is 2.41. The first-order valence-electron chi connectivity index (χ1n) is 10.2. The van der Waals surface area contributed by atoms with Crippen molar-refractivity contribution in [3.05, 3.63) is 77.8 Å². The predicted octanol–water partition coefficient (Wildman–Crippen LogP) is 4.76. The third-order valence-corrected chi connectivity index (χ3v) is 5.63. The highest BCUT2D eigenvalue weighted by Gasteiger charge is 2.41. The normalized spacial score (nSPS) is 18.3. The number of hydrogen-bond donors (Lipinski definition) is 1. The van der Waals surface area contributed by atoms with Gasteiger partial charge in [-0.3, -0.25) is 4.98 Å². The summed E-state index contributed by atoms with van der Waals surface area (Å²) < 4.78 is 11.3. The van der Waals surface area contributed by atoms with Crippen LogP contribution >= 0.6 is 12.2 Å². The molecule has 0 spiro atoms. The molecule has 1 fully saturated rings. The maximum absolute atomic E-state index is 12.2. The number of pyridine rings is 1. The average Bonchev–Trinajstić information content (AvgIpc) is 3.38. The standard InChI is InChI=1S/C24H25N3O3S/c1-15(2)14-27-22(21(26-24(27)31)18-10-6-7-13-25-18)20-12-11-19(30-20)16-8-4-5-9-17(16)23(28)29-3/h4-13,15,21-22H,14H2,1-3H3,(H,26,31)/t21-,22-/m0/s1. The summed E-state index contributed by atoms with van der Waals surface area (Å²) in [7, 11) is 1.37. The molecule has 1 aromatic carbocycles.